The van der Waals surface area contributed by atoms with Crippen molar-refractivity contribution in [1.29, 1.82) is 0 Å². The molecule has 118 valence electrons. The van der Waals surface area contributed by atoms with E-state index in [4.69, 9.17) is 11.6 Å². The number of hydrogen-bond donors (Lipinski definition) is 1. The van der Waals surface area contributed by atoms with Crippen molar-refractivity contribution < 1.29 is 8.42 Å². The van der Waals surface area contributed by atoms with Gasteiger partial charge in [-0.05, 0) is 24.6 Å². The maximum absolute atomic E-state index is 12.6. The summed E-state index contributed by atoms with van der Waals surface area (Å²) in [5, 5.41) is 1.89. The summed E-state index contributed by atoms with van der Waals surface area (Å²) in [5.74, 6) is 0. The van der Waals surface area contributed by atoms with E-state index in [9.17, 15) is 8.42 Å². The van der Waals surface area contributed by atoms with Gasteiger partial charge in [0.1, 0.15) is 0 Å². The van der Waals surface area contributed by atoms with Crippen LogP contribution < -0.4 is 4.72 Å². The van der Waals surface area contributed by atoms with Crippen molar-refractivity contribution in [3.63, 3.8) is 0 Å². The lowest BCUT2D eigenvalue weighted by molar-refractivity contribution is 0.582. The Balaban J connectivity index is 1.94. The molecular formula is C18H16ClNO2S. The summed E-state index contributed by atoms with van der Waals surface area (Å²) in [6, 6.07) is 18.1. The first-order chi connectivity index (χ1) is 11.0. The van der Waals surface area contributed by atoms with Crippen LogP contribution in [0.5, 0.6) is 0 Å². The topological polar surface area (TPSA) is 46.2 Å². The molecule has 0 aromatic heterocycles. The highest BCUT2D eigenvalue weighted by Gasteiger charge is 2.18. The Kier molecular flexibility index (Phi) is 4.39. The van der Waals surface area contributed by atoms with Crippen LogP contribution in [0.4, 0.5) is 0 Å². The molecule has 0 atom stereocenters. The summed E-state index contributed by atoms with van der Waals surface area (Å²) in [4.78, 5) is 0.240. The minimum Gasteiger partial charge on any atom is -0.207 e. The lowest BCUT2D eigenvalue weighted by atomic mass is 10.1. The zero-order chi connectivity index (χ0) is 16.4. The molecule has 0 unspecified atom stereocenters. The van der Waals surface area contributed by atoms with Crippen molar-refractivity contribution in [2.75, 3.05) is 0 Å². The Labute approximate surface area is 141 Å². The van der Waals surface area contributed by atoms with Crippen molar-refractivity contribution in [3.05, 3.63) is 76.8 Å². The molecule has 0 radical (unpaired) electrons. The molecule has 3 aromatic carbocycles. The third-order valence-electron chi connectivity index (χ3n) is 3.71. The van der Waals surface area contributed by atoms with Gasteiger partial charge < -0.3 is 0 Å². The average molecular weight is 346 g/mol. The van der Waals surface area contributed by atoms with Gasteiger partial charge in [-0.3, -0.25) is 0 Å². The highest BCUT2D eigenvalue weighted by atomic mass is 35.5. The van der Waals surface area contributed by atoms with Gasteiger partial charge in [0.25, 0.3) is 0 Å². The van der Waals surface area contributed by atoms with Gasteiger partial charge >= 0.3 is 0 Å². The molecule has 0 saturated carbocycles. The van der Waals surface area contributed by atoms with Crippen LogP contribution in [0, 0.1) is 6.92 Å². The van der Waals surface area contributed by atoms with Crippen LogP contribution in [0.15, 0.2) is 65.6 Å². The number of sulfonamides is 1. The highest BCUT2D eigenvalue weighted by Crippen LogP contribution is 2.29. The van der Waals surface area contributed by atoms with Crippen LogP contribution in [-0.2, 0) is 16.6 Å². The third kappa shape index (κ3) is 3.39. The fourth-order valence-electron chi connectivity index (χ4n) is 2.43. The lowest BCUT2D eigenvalue weighted by Gasteiger charge is -2.11. The number of aryl methyl sites for hydroxylation is 1. The first-order valence-corrected chi connectivity index (χ1v) is 9.06. The standard InChI is InChI=1S/C18H16ClNO2S/c1-13-6-8-14(9-7-13)12-20-23(21,22)18-11-10-17(19)15-4-2-3-5-16(15)18/h2-11,20H,12H2,1H3. The molecule has 0 aliphatic heterocycles. The molecule has 5 heteroatoms. The summed E-state index contributed by atoms with van der Waals surface area (Å²) in [6.45, 7) is 2.24. The Bertz CT molecular complexity index is 950. The molecule has 3 rings (SSSR count). The minimum absolute atomic E-state index is 0.240. The number of benzene rings is 3. The van der Waals surface area contributed by atoms with E-state index < -0.39 is 10.0 Å². The van der Waals surface area contributed by atoms with E-state index in [-0.39, 0.29) is 11.4 Å². The predicted octanol–water partition coefficient (Wildman–Crippen LogP) is 4.28. The molecule has 23 heavy (non-hydrogen) atoms. The highest BCUT2D eigenvalue weighted by molar-refractivity contribution is 7.89. The molecule has 0 saturated heterocycles. The molecule has 3 aromatic rings. The van der Waals surface area contributed by atoms with Crippen LogP contribution >= 0.6 is 11.6 Å². The fourth-order valence-corrected chi connectivity index (χ4v) is 3.89. The van der Waals surface area contributed by atoms with Gasteiger partial charge in [0, 0.05) is 22.3 Å². The first kappa shape index (κ1) is 16.0. The Morgan fingerprint density at radius 3 is 2.26 bits per heavy atom. The Morgan fingerprint density at radius 2 is 1.57 bits per heavy atom. The van der Waals surface area contributed by atoms with Gasteiger partial charge in [0.05, 0.1) is 4.90 Å². The molecule has 0 amide bonds. The SMILES string of the molecule is Cc1ccc(CNS(=O)(=O)c2ccc(Cl)c3ccccc23)cc1. The average Bonchev–Trinajstić information content (AvgIpc) is 2.55. The van der Waals surface area contributed by atoms with Gasteiger partial charge in [-0.1, -0.05) is 65.7 Å². The van der Waals surface area contributed by atoms with Gasteiger partial charge in [-0.2, -0.15) is 0 Å². The normalized spacial score (nSPS) is 11.7. The van der Waals surface area contributed by atoms with E-state index in [2.05, 4.69) is 4.72 Å². The van der Waals surface area contributed by atoms with E-state index in [1.165, 1.54) is 0 Å². The van der Waals surface area contributed by atoms with Gasteiger partial charge in [-0.25, -0.2) is 13.1 Å². The number of fused-ring (bicyclic) bond motifs is 1. The first-order valence-electron chi connectivity index (χ1n) is 7.20. The molecule has 0 fully saturated rings. The number of nitrogens with one attached hydrogen (secondary N) is 1. The Morgan fingerprint density at radius 1 is 0.913 bits per heavy atom. The van der Waals surface area contributed by atoms with E-state index in [1.54, 1.807) is 24.3 Å². The molecule has 0 spiro atoms. The van der Waals surface area contributed by atoms with Crippen molar-refractivity contribution in [2.24, 2.45) is 0 Å². The second kappa shape index (κ2) is 6.32. The van der Waals surface area contributed by atoms with Gasteiger partial charge in [-0.15, -0.1) is 0 Å². The van der Waals surface area contributed by atoms with Crippen LogP contribution in [0.1, 0.15) is 11.1 Å². The molecule has 0 bridgehead atoms. The summed E-state index contributed by atoms with van der Waals surface area (Å²) in [7, 11) is -3.62. The van der Waals surface area contributed by atoms with Gasteiger partial charge in [0.2, 0.25) is 10.0 Å². The molecule has 0 heterocycles. The van der Waals surface area contributed by atoms with Gasteiger partial charge in [0.15, 0.2) is 0 Å². The monoisotopic (exact) mass is 345 g/mol. The van der Waals surface area contributed by atoms with E-state index in [0.717, 1.165) is 16.5 Å². The smallest absolute Gasteiger partial charge is 0.207 e. The molecule has 1 N–H and O–H groups in total. The number of halogens is 1. The third-order valence-corrected chi connectivity index (χ3v) is 5.50. The summed E-state index contributed by atoms with van der Waals surface area (Å²) in [6.07, 6.45) is 0. The van der Waals surface area contributed by atoms with Crippen LogP contribution in [0.25, 0.3) is 10.8 Å². The summed E-state index contributed by atoms with van der Waals surface area (Å²) in [5.41, 5.74) is 2.05. The van der Waals surface area contributed by atoms with E-state index >= 15 is 0 Å². The lowest BCUT2D eigenvalue weighted by Crippen LogP contribution is -2.23. The van der Waals surface area contributed by atoms with Crippen molar-refractivity contribution in [3.8, 4) is 0 Å². The van der Waals surface area contributed by atoms with Crippen LogP contribution in [0.2, 0.25) is 5.02 Å². The van der Waals surface area contributed by atoms with E-state index in [0.29, 0.717) is 10.4 Å². The molecule has 0 aliphatic rings. The van der Waals surface area contributed by atoms with Crippen LogP contribution in [0.3, 0.4) is 0 Å². The number of hydrogen-bond acceptors (Lipinski definition) is 2. The van der Waals surface area contributed by atoms with E-state index in [1.807, 2.05) is 43.3 Å². The maximum atomic E-state index is 12.6. The molecular weight excluding hydrogens is 330 g/mol. The fraction of sp³-hybridized carbons (Fsp3) is 0.111. The second-order valence-electron chi connectivity index (χ2n) is 5.40. The van der Waals surface area contributed by atoms with Crippen LogP contribution in [-0.4, -0.2) is 8.42 Å². The largest absolute Gasteiger partial charge is 0.241 e. The second-order valence-corrected chi connectivity index (χ2v) is 7.54. The predicted molar refractivity (Wildman–Crippen MR) is 94.2 cm³/mol. The maximum Gasteiger partial charge on any atom is 0.241 e. The molecule has 3 nitrogen and oxygen atoms in total. The molecule has 0 aliphatic carbocycles. The summed E-state index contributed by atoms with van der Waals surface area (Å²) >= 11 is 6.15. The quantitative estimate of drug-likeness (QED) is 0.767. The van der Waals surface area contributed by atoms with Crippen molar-refractivity contribution in [1.82, 2.24) is 4.72 Å². The minimum atomic E-state index is -3.62. The van der Waals surface area contributed by atoms with Crippen molar-refractivity contribution in [2.45, 2.75) is 18.4 Å². The summed E-state index contributed by atoms with van der Waals surface area (Å²) < 4.78 is 27.9. The number of rotatable bonds is 4. The Hall–Kier alpha value is -1.88. The zero-order valence-corrected chi connectivity index (χ0v) is 14.2. The van der Waals surface area contributed by atoms with Crippen molar-refractivity contribution >= 4 is 32.4 Å². The zero-order valence-electron chi connectivity index (χ0n) is 12.6.